The second-order valence-corrected chi connectivity index (χ2v) is 4.58. The molecule has 1 rings (SSSR count). The number of amides is 1. The van der Waals surface area contributed by atoms with Gasteiger partial charge >= 0.3 is 0 Å². The number of nitrogens with zero attached hydrogens (tertiary/aromatic N) is 1. The third-order valence-electron chi connectivity index (χ3n) is 3.30. The highest BCUT2D eigenvalue weighted by molar-refractivity contribution is 5.80. The largest absolute Gasteiger partial charge is 0.358 e. The number of hydrogen-bond acceptors (Lipinski definition) is 3. The van der Waals surface area contributed by atoms with Crippen LogP contribution in [0.2, 0.25) is 0 Å². The molecule has 16 heavy (non-hydrogen) atoms. The number of hydrogen-bond donors (Lipinski definition) is 2. The van der Waals surface area contributed by atoms with Crippen LogP contribution >= 0.6 is 0 Å². The second-order valence-electron chi connectivity index (χ2n) is 4.58. The fraction of sp³-hybridized carbons (Fsp3) is 0.917. The summed E-state index contributed by atoms with van der Waals surface area (Å²) >= 11 is 0. The van der Waals surface area contributed by atoms with Gasteiger partial charge in [0.2, 0.25) is 5.91 Å². The lowest BCUT2D eigenvalue weighted by molar-refractivity contribution is -0.125. The maximum absolute atomic E-state index is 11.6. The molecule has 4 nitrogen and oxygen atoms in total. The molecule has 1 amide bonds. The Labute approximate surface area is 98.8 Å². The van der Waals surface area contributed by atoms with Gasteiger partial charge in [-0.05, 0) is 39.3 Å². The van der Waals surface area contributed by atoms with Crippen LogP contribution in [-0.2, 0) is 4.79 Å². The van der Waals surface area contributed by atoms with Crippen LogP contribution in [0.25, 0.3) is 0 Å². The molecule has 0 spiro atoms. The van der Waals surface area contributed by atoms with Crippen LogP contribution in [0.4, 0.5) is 0 Å². The molecule has 0 aromatic carbocycles. The van der Waals surface area contributed by atoms with E-state index in [2.05, 4.69) is 22.5 Å². The monoisotopic (exact) mass is 227 g/mol. The lowest BCUT2D eigenvalue weighted by atomic mass is 10.1. The summed E-state index contributed by atoms with van der Waals surface area (Å²) in [6.45, 7) is 7.25. The van der Waals surface area contributed by atoms with E-state index < -0.39 is 0 Å². The van der Waals surface area contributed by atoms with E-state index in [0.717, 1.165) is 26.1 Å². The van der Waals surface area contributed by atoms with Gasteiger partial charge in [0.05, 0.1) is 6.04 Å². The molecule has 0 saturated carbocycles. The predicted octanol–water partition coefficient (Wildman–Crippen LogP) is 0.585. The molecule has 0 bridgehead atoms. The van der Waals surface area contributed by atoms with E-state index >= 15 is 0 Å². The molecule has 0 aliphatic carbocycles. The van der Waals surface area contributed by atoms with Crippen molar-refractivity contribution in [2.24, 2.45) is 0 Å². The van der Waals surface area contributed by atoms with Crippen LogP contribution in [0.1, 0.15) is 33.1 Å². The molecule has 0 aromatic heterocycles. The molecule has 1 heterocycles. The third-order valence-corrected chi connectivity index (χ3v) is 3.30. The zero-order chi connectivity index (χ0) is 12.0. The van der Waals surface area contributed by atoms with Crippen molar-refractivity contribution in [1.29, 1.82) is 0 Å². The molecule has 4 heteroatoms. The number of likely N-dealkylation sites (N-methyl/N-ethyl adjacent to an activating group) is 1. The van der Waals surface area contributed by atoms with Crippen LogP contribution in [0.3, 0.4) is 0 Å². The van der Waals surface area contributed by atoms with Crippen LogP contribution in [0.5, 0.6) is 0 Å². The third kappa shape index (κ3) is 3.76. The van der Waals surface area contributed by atoms with E-state index in [4.69, 9.17) is 0 Å². The highest BCUT2D eigenvalue weighted by Gasteiger charge is 2.24. The maximum Gasteiger partial charge on any atom is 0.236 e. The number of rotatable bonds is 6. The Hall–Kier alpha value is -0.610. The SMILES string of the molecule is CCCN(CC1CCCN1)C(C)C(=O)NC. The van der Waals surface area contributed by atoms with Gasteiger partial charge in [0.1, 0.15) is 0 Å². The predicted molar refractivity (Wildman–Crippen MR) is 66.4 cm³/mol. The number of carbonyl (C=O) groups is 1. The lowest BCUT2D eigenvalue weighted by Gasteiger charge is -2.29. The second kappa shape index (κ2) is 6.86. The summed E-state index contributed by atoms with van der Waals surface area (Å²) in [5, 5.41) is 6.21. The maximum atomic E-state index is 11.6. The quantitative estimate of drug-likeness (QED) is 0.698. The zero-order valence-corrected chi connectivity index (χ0v) is 10.8. The van der Waals surface area contributed by atoms with Crippen LogP contribution in [-0.4, -0.2) is 49.6 Å². The van der Waals surface area contributed by atoms with Crippen molar-refractivity contribution in [3.8, 4) is 0 Å². The van der Waals surface area contributed by atoms with Gasteiger partial charge in [0.15, 0.2) is 0 Å². The van der Waals surface area contributed by atoms with Gasteiger partial charge < -0.3 is 10.6 Å². The van der Waals surface area contributed by atoms with E-state index in [9.17, 15) is 4.79 Å². The lowest BCUT2D eigenvalue weighted by Crippen LogP contribution is -2.48. The van der Waals surface area contributed by atoms with Crippen molar-refractivity contribution in [3.63, 3.8) is 0 Å². The average molecular weight is 227 g/mol. The van der Waals surface area contributed by atoms with Crippen molar-refractivity contribution >= 4 is 5.91 Å². The molecule has 2 atom stereocenters. The molecular formula is C12H25N3O. The molecule has 1 fully saturated rings. The molecule has 2 N–H and O–H groups in total. The highest BCUT2D eigenvalue weighted by Crippen LogP contribution is 2.10. The van der Waals surface area contributed by atoms with E-state index in [0.29, 0.717) is 6.04 Å². The first-order chi connectivity index (χ1) is 7.69. The van der Waals surface area contributed by atoms with Crippen molar-refractivity contribution in [1.82, 2.24) is 15.5 Å². The molecular weight excluding hydrogens is 202 g/mol. The summed E-state index contributed by atoms with van der Waals surface area (Å²) in [7, 11) is 1.71. The summed E-state index contributed by atoms with van der Waals surface area (Å²) in [6, 6.07) is 0.547. The fourth-order valence-electron chi connectivity index (χ4n) is 2.30. The van der Waals surface area contributed by atoms with Gasteiger partial charge in [-0.3, -0.25) is 9.69 Å². The van der Waals surface area contributed by atoms with Gasteiger partial charge in [0, 0.05) is 19.6 Å². The van der Waals surface area contributed by atoms with Gasteiger partial charge in [-0.2, -0.15) is 0 Å². The summed E-state index contributed by atoms with van der Waals surface area (Å²) in [6.07, 6.45) is 3.59. The minimum Gasteiger partial charge on any atom is -0.358 e. The Morgan fingerprint density at radius 2 is 2.38 bits per heavy atom. The normalized spacial score (nSPS) is 22.4. The summed E-state index contributed by atoms with van der Waals surface area (Å²) in [5.41, 5.74) is 0. The molecule has 1 saturated heterocycles. The number of nitrogens with one attached hydrogen (secondary N) is 2. The Kier molecular flexibility index (Phi) is 5.77. The Balaban J connectivity index is 2.47. The smallest absolute Gasteiger partial charge is 0.236 e. The van der Waals surface area contributed by atoms with Crippen molar-refractivity contribution in [2.75, 3.05) is 26.7 Å². The molecule has 1 aliphatic heterocycles. The zero-order valence-electron chi connectivity index (χ0n) is 10.8. The molecule has 0 aromatic rings. The Morgan fingerprint density at radius 3 is 2.88 bits per heavy atom. The van der Waals surface area contributed by atoms with Gasteiger partial charge in [-0.15, -0.1) is 0 Å². The van der Waals surface area contributed by atoms with Crippen LogP contribution in [0, 0.1) is 0 Å². The van der Waals surface area contributed by atoms with Crippen molar-refractivity contribution in [3.05, 3.63) is 0 Å². The summed E-state index contributed by atoms with van der Waals surface area (Å²) < 4.78 is 0. The van der Waals surface area contributed by atoms with E-state index in [1.54, 1.807) is 7.05 Å². The highest BCUT2D eigenvalue weighted by atomic mass is 16.2. The van der Waals surface area contributed by atoms with E-state index in [1.165, 1.54) is 12.8 Å². The number of carbonyl (C=O) groups excluding carboxylic acids is 1. The van der Waals surface area contributed by atoms with Gasteiger partial charge in [-0.25, -0.2) is 0 Å². The average Bonchev–Trinajstić information content (AvgIpc) is 2.79. The first kappa shape index (κ1) is 13.5. The van der Waals surface area contributed by atoms with Crippen molar-refractivity contribution in [2.45, 2.75) is 45.2 Å². The van der Waals surface area contributed by atoms with Crippen molar-refractivity contribution < 1.29 is 4.79 Å². The summed E-state index contributed by atoms with van der Waals surface area (Å²) in [5.74, 6) is 0.117. The minimum absolute atomic E-state index is 0.0210. The Bertz CT molecular complexity index is 214. The van der Waals surface area contributed by atoms with Gasteiger partial charge in [-0.1, -0.05) is 6.92 Å². The molecule has 0 radical (unpaired) electrons. The van der Waals surface area contributed by atoms with E-state index in [1.807, 2.05) is 6.92 Å². The van der Waals surface area contributed by atoms with Crippen LogP contribution in [0.15, 0.2) is 0 Å². The minimum atomic E-state index is -0.0210. The first-order valence-electron chi connectivity index (χ1n) is 6.38. The van der Waals surface area contributed by atoms with Gasteiger partial charge in [0.25, 0.3) is 0 Å². The summed E-state index contributed by atoms with van der Waals surface area (Å²) in [4.78, 5) is 13.9. The van der Waals surface area contributed by atoms with Crippen LogP contribution < -0.4 is 10.6 Å². The Morgan fingerprint density at radius 1 is 1.62 bits per heavy atom. The first-order valence-corrected chi connectivity index (χ1v) is 6.38. The molecule has 2 unspecified atom stereocenters. The fourth-order valence-corrected chi connectivity index (χ4v) is 2.30. The van der Waals surface area contributed by atoms with E-state index in [-0.39, 0.29) is 11.9 Å². The standard InChI is InChI=1S/C12H25N3O/c1-4-8-15(10(2)12(16)13-3)9-11-6-5-7-14-11/h10-11,14H,4-9H2,1-3H3,(H,13,16). The topological polar surface area (TPSA) is 44.4 Å². The molecule has 94 valence electrons. The molecule has 1 aliphatic rings.